The smallest absolute Gasteiger partial charge is 0.173 e. The molecule has 5 heteroatoms. The molecule has 0 spiro atoms. The number of ketones is 1. The second-order valence-electron chi connectivity index (χ2n) is 3.70. The molecule has 0 radical (unpaired) electrons. The van der Waals surface area contributed by atoms with Crippen LogP contribution in [0.1, 0.15) is 26.8 Å². The average Bonchev–Trinajstić information content (AvgIpc) is 2.77. The molecule has 4 nitrogen and oxygen atoms in total. The molecule has 0 unspecified atom stereocenters. The quantitative estimate of drug-likeness (QED) is 0.764. The molecule has 2 rings (SSSR count). The number of carbonyl (C=O) groups is 1. The van der Waals surface area contributed by atoms with E-state index in [4.69, 9.17) is 0 Å². The average molecular weight is 235 g/mol. The van der Waals surface area contributed by atoms with Crippen molar-refractivity contribution in [2.24, 2.45) is 7.05 Å². The van der Waals surface area contributed by atoms with Gasteiger partial charge in [-0.15, -0.1) is 11.3 Å². The van der Waals surface area contributed by atoms with Crippen molar-refractivity contribution in [3.05, 3.63) is 33.5 Å². The number of thiazole rings is 1. The van der Waals surface area contributed by atoms with Crippen molar-refractivity contribution >= 4 is 17.1 Å². The number of rotatable bonds is 3. The summed E-state index contributed by atoms with van der Waals surface area (Å²) >= 11 is 1.51. The lowest BCUT2D eigenvalue weighted by atomic mass is 10.1. The van der Waals surface area contributed by atoms with Crippen LogP contribution in [-0.4, -0.2) is 20.5 Å². The molecule has 0 aliphatic heterocycles. The summed E-state index contributed by atoms with van der Waals surface area (Å²) in [6, 6.07) is 0. The molecule has 0 saturated heterocycles. The SMILES string of the molecule is Cc1nn(C)c(C)c1C(=O)Cc1nccs1. The Bertz CT molecular complexity index is 514. The van der Waals surface area contributed by atoms with Crippen molar-refractivity contribution < 1.29 is 4.79 Å². The summed E-state index contributed by atoms with van der Waals surface area (Å²) < 4.78 is 1.74. The molecule has 0 bridgehead atoms. The van der Waals surface area contributed by atoms with E-state index in [9.17, 15) is 4.79 Å². The van der Waals surface area contributed by atoms with E-state index in [1.165, 1.54) is 11.3 Å². The number of Topliss-reactive ketones (excluding diaryl/α,β-unsaturated/α-hetero) is 1. The highest BCUT2D eigenvalue weighted by molar-refractivity contribution is 7.09. The molecule has 16 heavy (non-hydrogen) atoms. The van der Waals surface area contributed by atoms with Crippen LogP contribution in [0, 0.1) is 13.8 Å². The zero-order chi connectivity index (χ0) is 11.7. The van der Waals surface area contributed by atoms with Gasteiger partial charge in [0.25, 0.3) is 0 Å². The van der Waals surface area contributed by atoms with Gasteiger partial charge >= 0.3 is 0 Å². The van der Waals surface area contributed by atoms with Gasteiger partial charge in [0.15, 0.2) is 5.78 Å². The second-order valence-corrected chi connectivity index (χ2v) is 4.67. The molecule has 84 valence electrons. The Labute approximate surface area is 97.9 Å². The van der Waals surface area contributed by atoms with Gasteiger partial charge in [-0.05, 0) is 13.8 Å². The number of hydrogen-bond donors (Lipinski definition) is 0. The van der Waals surface area contributed by atoms with E-state index in [0.29, 0.717) is 6.42 Å². The predicted molar refractivity (Wildman–Crippen MR) is 62.8 cm³/mol. The van der Waals surface area contributed by atoms with E-state index in [2.05, 4.69) is 10.1 Å². The number of aryl methyl sites for hydroxylation is 2. The highest BCUT2D eigenvalue weighted by Crippen LogP contribution is 2.16. The minimum atomic E-state index is 0.0954. The minimum Gasteiger partial charge on any atom is -0.294 e. The third-order valence-electron chi connectivity index (χ3n) is 2.58. The van der Waals surface area contributed by atoms with Gasteiger partial charge in [-0.3, -0.25) is 9.48 Å². The molecule has 2 aromatic rings. The monoisotopic (exact) mass is 235 g/mol. The first-order valence-corrected chi connectivity index (χ1v) is 5.89. The Kier molecular flexibility index (Phi) is 2.87. The maximum Gasteiger partial charge on any atom is 0.173 e. The van der Waals surface area contributed by atoms with Gasteiger partial charge in [0.2, 0.25) is 0 Å². The molecule has 0 N–H and O–H groups in total. The van der Waals surface area contributed by atoms with Crippen LogP contribution < -0.4 is 0 Å². The van der Waals surface area contributed by atoms with E-state index >= 15 is 0 Å². The van der Waals surface area contributed by atoms with Gasteiger partial charge in [-0.1, -0.05) is 0 Å². The summed E-state index contributed by atoms with van der Waals surface area (Å²) in [4.78, 5) is 16.2. The third kappa shape index (κ3) is 1.90. The van der Waals surface area contributed by atoms with Gasteiger partial charge in [0.1, 0.15) is 5.01 Å². The maximum absolute atomic E-state index is 12.1. The van der Waals surface area contributed by atoms with Crippen molar-refractivity contribution in [2.45, 2.75) is 20.3 Å². The third-order valence-corrected chi connectivity index (χ3v) is 3.36. The Balaban J connectivity index is 2.27. The molecule has 0 amide bonds. The summed E-state index contributed by atoms with van der Waals surface area (Å²) in [5.41, 5.74) is 2.44. The van der Waals surface area contributed by atoms with Crippen molar-refractivity contribution in [2.75, 3.05) is 0 Å². The molecule has 2 aromatic heterocycles. The van der Waals surface area contributed by atoms with Crippen LogP contribution >= 0.6 is 11.3 Å². The summed E-state index contributed by atoms with van der Waals surface area (Å²) in [6.07, 6.45) is 2.08. The van der Waals surface area contributed by atoms with Crippen LogP contribution in [0.3, 0.4) is 0 Å². The largest absolute Gasteiger partial charge is 0.294 e. The molecule has 2 heterocycles. The van der Waals surface area contributed by atoms with Crippen LogP contribution in [0.25, 0.3) is 0 Å². The van der Waals surface area contributed by atoms with Crippen LogP contribution in [0.15, 0.2) is 11.6 Å². The lowest BCUT2D eigenvalue weighted by molar-refractivity contribution is 0.0991. The first kappa shape index (κ1) is 11.0. The molecule has 0 aromatic carbocycles. The van der Waals surface area contributed by atoms with Crippen LogP contribution in [0.4, 0.5) is 0 Å². The van der Waals surface area contributed by atoms with Crippen LogP contribution in [0.5, 0.6) is 0 Å². The molecule has 0 aliphatic carbocycles. The Morgan fingerprint density at radius 1 is 1.50 bits per heavy atom. The van der Waals surface area contributed by atoms with Crippen LogP contribution in [0.2, 0.25) is 0 Å². The molecular weight excluding hydrogens is 222 g/mol. The van der Waals surface area contributed by atoms with Gasteiger partial charge in [-0.25, -0.2) is 4.98 Å². The lowest BCUT2D eigenvalue weighted by Gasteiger charge is -1.99. The Morgan fingerprint density at radius 3 is 2.75 bits per heavy atom. The number of nitrogens with zero attached hydrogens (tertiary/aromatic N) is 3. The Morgan fingerprint density at radius 2 is 2.25 bits per heavy atom. The fraction of sp³-hybridized carbons (Fsp3) is 0.364. The number of hydrogen-bond acceptors (Lipinski definition) is 4. The van der Waals surface area contributed by atoms with E-state index in [-0.39, 0.29) is 5.78 Å². The molecule has 0 atom stereocenters. The second kappa shape index (κ2) is 4.17. The molecular formula is C11H13N3OS. The minimum absolute atomic E-state index is 0.0954. The van der Waals surface area contributed by atoms with Gasteiger partial charge in [0, 0.05) is 24.3 Å². The fourth-order valence-electron chi connectivity index (χ4n) is 1.74. The molecule has 0 aliphatic rings. The highest BCUT2D eigenvalue weighted by Gasteiger charge is 2.18. The fourth-order valence-corrected chi connectivity index (χ4v) is 2.36. The summed E-state index contributed by atoms with van der Waals surface area (Å²) in [7, 11) is 1.85. The van der Waals surface area contributed by atoms with Gasteiger partial charge in [0.05, 0.1) is 17.7 Å². The van der Waals surface area contributed by atoms with E-state index in [0.717, 1.165) is 22.0 Å². The summed E-state index contributed by atoms with van der Waals surface area (Å²) in [6.45, 7) is 3.77. The normalized spacial score (nSPS) is 10.7. The molecule has 0 saturated carbocycles. The Hall–Kier alpha value is -1.49. The van der Waals surface area contributed by atoms with Crippen molar-refractivity contribution in [1.29, 1.82) is 0 Å². The first-order chi connectivity index (χ1) is 7.59. The first-order valence-electron chi connectivity index (χ1n) is 5.01. The highest BCUT2D eigenvalue weighted by atomic mass is 32.1. The van der Waals surface area contributed by atoms with Gasteiger partial charge < -0.3 is 0 Å². The maximum atomic E-state index is 12.1. The van der Waals surface area contributed by atoms with Crippen molar-refractivity contribution in [3.8, 4) is 0 Å². The van der Waals surface area contributed by atoms with Gasteiger partial charge in [-0.2, -0.15) is 5.10 Å². The van der Waals surface area contributed by atoms with Crippen molar-refractivity contribution in [1.82, 2.24) is 14.8 Å². The zero-order valence-electron chi connectivity index (χ0n) is 9.52. The topological polar surface area (TPSA) is 47.8 Å². The van der Waals surface area contributed by atoms with Crippen LogP contribution in [-0.2, 0) is 13.5 Å². The van der Waals surface area contributed by atoms with E-state index in [1.807, 2.05) is 26.3 Å². The van der Waals surface area contributed by atoms with E-state index < -0.39 is 0 Å². The molecule has 0 fully saturated rings. The number of carbonyl (C=O) groups excluding carboxylic acids is 1. The predicted octanol–water partition coefficient (Wildman–Crippen LogP) is 1.92. The van der Waals surface area contributed by atoms with E-state index in [1.54, 1.807) is 10.9 Å². The van der Waals surface area contributed by atoms with Crippen molar-refractivity contribution in [3.63, 3.8) is 0 Å². The summed E-state index contributed by atoms with van der Waals surface area (Å²) in [5.74, 6) is 0.0954. The zero-order valence-corrected chi connectivity index (χ0v) is 10.3. The number of aromatic nitrogens is 3. The standard InChI is InChI=1S/C11H13N3OS/c1-7-11(8(2)14(3)13-7)9(15)6-10-12-4-5-16-10/h4-5H,6H2,1-3H3. The lowest BCUT2D eigenvalue weighted by Crippen LogP contribution is -2.06. The summed E-state index contributed by atoms with van der Waals surface area (Å²) in [5, 5.41) is 6.97.